The van der Waals surface area contributed by atoms with Gasteiger partial charge in [0.1, 0.15) is 11.8 Å². The summed E-state index contributed by atoms with van der Waals surface area (Å²) in [6.07, 6.45) is 5.37. The lowest BCUT2D eigenvalue weighted by Crippen LogP contribution is -2.53. The fourth-order valence-electron chi connectivity index (χ4n) is 4.82. The SMILES string of the molecule is CCc1ccc(OCC(=O)N(Cc2c(Cl)cccc2Cl)[C@H](Cc2ccccc2)C(=O)NC2CCCC2)cc1. The number of aryl methyl sites for hydroxylation is 1. The monoisotopic (exact) mass is 552 g/mol. The molecule has 2 amide bonds. The van der Waals surface area contributed by atoms with Gasteiger partial charge in [0.05, 0.1) is 0 Å². The molecule has 0 aromatic heterocycles. The predicted molar refractivity (Wildman–Crippen MR) is 153 cm³/mol. The first-order chi connectivity index (χ1) is 18.4. The molecule has 3 aromatic carbocycles. The second-order valence-corrected chi connectivity index (χ2v) is 10.5. The average molecular weight is 554 g/mol. The number of rotatable bonds is 11. The number of benzene rings is 3. The molecule has 0 radical (unpaired) electrons. The predicted octanol–water partition coefficient (Wildman–Crippen LogP) is 6.63. The van der Waals surface area contributed by atoms with Crippen LogP contribution in [0.2, 0.25) is 10.0 Å². The Hall–Kier alpha value is -3.02. The largest absolute Gasteiger partial charge is 0.484 e. The number of carbonyl (C=O) groups is 2. The van der Waals surface area contributed by atoms with Crippen molar-refractivity contribution < 1.29 is 14.3 Å². The lowest BCUT2D eigenvalue weighted by molar-refractivity contribution is -0.143. The number of carbonyl (C=O) groups excluding carboxylic acids is 2. The number of halogens is 2. The van der Waals surface area contributed by atoms with Crippen LogP contribution in [0.3, 0.4) is 0 Å². The molecule has 7 heteroatoms. The van der Waals surface area contributed by atoms with E-state index < -0.39 is 6.04 Å². The quantitative estimate of drug-likeness (QED) is 0.290. The normalized spacial score (nSPS) is 14.2. The van der Waals surface area contributed by atoms with Gasteiger partial charge in [-0.15, -0.1) is 0 Å². The van der Waals surface area contributed by atoms with Crippen LogP contribution in [0.5, 0.6) is 5.75 Å². The summed E-state index contributed by atoms with van der Waals surface area (Å²) in [5.74, 6) is 0.105. The van der Waals surface area contributed by atoms with Gasteiger partial charge in [-0.1, -0.05) is 91.5 Å². The van der Waals surface area contributed by atoms with Gasteiger partial charge in [0.25, 0.3) is 5.91 Å². The van der Waals surface area contributed by atoms with Gasteiger partial charge in [-0.25, -0.2) is 0 Å². The molecule has 3 aromatic rings. The van der Waals surface area contributed by atoms with Crippen LogP contribution in [0.4, 0.5) is 0 Å². The summed E-state index contributed by atoms with van der Waals surface area (Å²) in [6.45, 7) is 1.96. The maximum atomic E-state index is 13.8. The Morgan fingerprint density at radius 3 is 2.21 bits per heavy atom. The molecular weight excluding hydrogens is 519 g/mol. The van der Waals surface area contributed by atoms with E-state index >= 15 is 0 Å². The molecule has 5 nitrogen and oxygen atoms in total. The van der Waals surface area contributed by atoms with E-state index in [1.165, 1.54) is 5.56 Å². The third-order valence-corrected chi connectivity index (χ3v) is 7.76. The fourth-order valence-corrected chi connectivity index (χ4v) is 5.34. The molecule has 0 unspecified atom stereocenters. The van der Waals surface area contributed by atoms with Crippen molar-refractivity contribution in [2.24, 2.45) is 0 Å². The molecule has 200 valence electrons. The molecule has 0 heterocycles. The van der Waals surface area contributed by atoms with Gasteiger partial charge in [0, 0.05) is 34.6 Å². The lowest BCUT2D eigenvalue weighted by Gasteiger charge is -2.32. The average Bonchev–Trinajstić information content (AvgIpc) is 3.44. The molecule has 4 rings (SSSR count). The van der Waals surface area contributed by atoms with Crippen LogP contribution in [0, 0.1) is 0 Å². The number of amides is 2. The first-order valence-electron chi connectivity index (χ1n) is 13.2. The van der Waals surface area contributed by atoms with Gasteiger partial charge in [0.2, 0.25) is 5.91 Å². The van der Waals surface area contributed by atoms with Crippen LogP contribution in [0.25, 0.3) is 0 Å². The van der Waals surface area contributed by atoms with Crippen LogP contribution in [-0.2, 0) is 29.0 Å². The van der Waals surface area contributed by atoms with Crippen molar-refractivity contribution in [1.29, 1.82) is 0 Å². The Bertz CT molecular complexity index is 1190. The minimum Gasteiger partial charge on any atom is -0.484 e. The van der Waals surface area contributed by atoms with Crippen molar-refractivity contribution in [2.45, 2.75) is 64.1 Å². The second-order valence-electron chi connectivity index (χ2n) is 9.70. The van der Waals surface area contributed by atoms with Crippen molar-refractivity contribution in [3.8, 4) is 5.75 Å². The zero-order valence-electron chi connectivity index (χ0n) is 21.7. The van der Waals surface area contributed by atoms with E-state index in [9.17, 15) is 9.59 Å². The molecule has 0 saturated heterocycles. The van der Waals surface area contributed by atoms with E-state index in [1.54, 1.807) is 23.1 Å². The van der Waals surface area contributed by atoms with Crippen LogP contribution >= 0.6 is 23.2 Å². The Morgan fingerprint density at radius 1 is 0.921 bits per heavy atom. The van der Waals surface area contributed by atoms with E-state index in [4.69, 9.17) is 27.9 Å². The van der Waals surface area contributed by atoms with Crippen molar-refractivity contribution in [2.75, 3.05) is 6.61 Å². The lowest BCUT2D eigenvalue weighted by atomic mass is 10.0. The molecule has 0 aliphatic heterocycles. The zero-order valence-corrected chi connectivity index (χ0v) is 23.2. The Labute approximate surface area is 235 Å². The van der Waals surface area contributed by atoms with E-state index in [2.05, 4.69) is 12.2 Å². The molecule has 38 heavy (non-hydrogen) atoms. The smallest absolute Gasteiger partial charge is 0.261 e. The van der Waals surface area contributed by atoms with Crippen LogP contribution in [0.15, 0.2) is 72.8 Å². The summed E-state index contributed by atoms with van der Waals surface area (Å²) < 4.78 is 5.87. The fraction of sp³-hybridized carbons (Fsp3) is 0.355. The van der Waals surface area contributed by atoms with E-state index in [0.29, 0.717) is 27.8 Å². The highest BCUT2D eigenvalue weighted by Crippen LogP contribution is 2.28. The van der Waals surface area contributed by atoms with Gasteiger partial charge in [-0.05, 0) is 54.7 Å². The van der Waals surface area contributed by atoms with E-state index in [0.717, 1.165) is 37.7 Å². The van der Waals surface area contributed by atoms with Crippen LogP contribution < -0.4 is 10.1 Å². The molecule has 0 spiro atoms. The van der Waals surface area contributed by atoms with Gasteiger partial charge in [0.15, 0.2) is 6.61 Å². The Morgan fingerprint density at radius 2 is 1.58 bits per heavy atom. The highest BCUT2D eigenvalue weighted by molar-refractivity contribution is 6.36. The standard InChI is InChI=1S/C31H34Cl2N2O3/c1-2-22-15-17-25(18-16-22)38-21-30(36)35(20-26-27(32)13-8-14-28(26)33)29(19-23-9-4-3-5-10-23)31(37)34-24-11-6-7-12-24/h3-5,8-10,13-18,24,29H,2,6-7,11-12,19-21H2,1H3,(H,34,37)/t29-/m1/s1. The third kappa shape index (κ3) is 7.52. The summed E-state index contributed by atoms with van der Waals surface area (Å²) in [6, 6.07) is 22.0. The molecule has 1 fully saturated rings. The van der Waals surface area contributed by atoms with Crippen LogP contribution in [0.1, 0.15) is 49.3 Å². The number of nitrogens with one attached hydrogen (secondary N) is 1. The van der Waals surface area contributed by atoms with Crippen LogP contribution in [-0.4, -0.2) is 35.4 Å². The minimum atomic E-state index is -0.760. The van der Waals surface area contributed by atoms with Gasteiger partial charge < -0.3 is 15.0 Å². The number of nitrogens with zero attached hydrogens (tertiary/aromatic N) is 1. The topological polar surface area (TPSA) is 58.6 Å². The molecule has 1 saturated carbocycles. The molecular formula is C31H34Cl2N2O3. The van der Waals surface area contributed by atoms with E-state index in [-0.39, 0.29) is 31.0 Å². The highest BCUT2D eigenvalue weighted by atomic mass is 35.5. The summed E-state index contributed by atoms with van der Waals surface area (Å²) >= 11 is 13.0. The van der Waals surface area contributed by atoms with Crippen molar-refractivity contribution in [3.63, 3.8) is 0 Å². The first-order valence-corrected chi connectivity index (χ1v) is 14.0. The van der Waals surface area contributed by atoms with Gasteiger partial charge in [-0.3, -0.25) is 9.59 Å². The summed E-state index contributed by atoms with van der Waals surface area (Å²) in [7, 11) is 0. The molecule has 1 atom stereocenters. The molecule has 1 aliphatic rings. The maximum Gasteiger partial charge on any atom is 0.261 e. The van der Waals surface area contributed by atoms with Gasteiger partial charge >= 0.3 is 0 Å². The summed E-state index contributed by atoms with van der Waals surface area (Å²) in [5.41, 5.74) is 2.74. The number of ether oxygens (including phenoxy) is 1. The van der Waals surface area contributed by atoms with Crippen molar-refractivity contribution in [1.82, 2.24) is 10.2 Å². The van der Waals surface area contributed by atoms with Gasteiger partial charge in [-0.2, -0.15) is 0 Å². The second kappa shape index (κ2) is 13.7. The Balaban J connectivity index is 1.63. The maximum absolute atomic E-state index is 13.8. The summed E-state index contributed by atoms with van der Waals surface area (Å²) in [4.78, 5) is 29.1. The van der Waals surface area contributed by atoms with Crippen molar-refractivity contribution >= 4 is 35.0 Å². The number of hydrogen-bond acceptors (Lipinski definition) is 3. The van der Waals surface area contributed by atoms with Crippen molar-refractivity contribution in [3.05, 3.63) is 99.5 Å². The zero-order chi connectivity index (χ0) is 26.9. The summed E-state index contributed by atoms with van der Waals surface area (Å²) in [5, 5.41) is 4.09. The van der Waals surface area contributed by atoms with E-state index in [1.807, 2.05) is 54.6 Å². The first kappa shape index (κ1) is 28.0. The minimum absolute atomic E-state index is 0.0884. The Kier molecular flexibility index (Phi) is 10.1. The highest BCUT2D eigenvalue weighted by Gasteiger charge is 2.33. The molecule has 0 bridgehead atoms. The number of hydrogen-bond donors (Lipinski definition) is 1. The third-order valence-electron chi connectivity index (χ3n) is 7.06. The molecule has 1 N–H and O–H groups in total. The molecule has 1 aliphatic carbocycles.